The summed E-state index contributed by atoms with van der Waals surface area (Å²) in [6.07, 6.45) is 7.41. The average Bonchev–Trinajstić information content (AvgIpc) is 2.42. The van der Waals surface area contributed by atoms with Gasteiger partial charge in [0.15, 0.2) is 0 Å². The fourth-order valence-corrected chi connectivity index (χ4v) is 2.35. The second-order valence-electron chi connectivity index (χ2n) is 3.85. The standard InChI is InChI=1S/C10H17NO/c1-2-5-12-10-6-8-3-4-9(7-10)11-8/h2,8-11H,1,3-7H2/t8-,9+,10+. The molecule has 2 aliphatic heterocycles. The van der Waals surface area contributed by atoms with E-state index in [0.29, 0.717) is 12.7 Å². The lowest BCUT2D eigenvalue weighted by Crippen LogP contribution is -2.41. The Morgan fingerprint density at radius 3 is 2.58 bits per heavy atom. The van der Waals surface area contributed by atoms with Crippen LogP contribution in [-0.2, 0) is 4.74 Å². The lowest BCUT2D eigenvalue weighted by atomic mass is 10.0. The van der Waals surface area contributed by atoms with Gasteiger partial charge in [0.05, 0.1) is 12.7 Å². The second kappa shape index (κ2) is 3.58. The van der Waals surface area contributed by atoms with Gasteiger partial charge in [-0.1, -0.05) is 6.08 Å². The van der Waals surface area contributed by atoms with Crippen molar-refractivity contribution in [1.29, 1.82) is 0 Å². The van der Waals surface area contributed by atoms with Gasteiger partial charge >= 0.3 is 0 Å². The van der Waals surface area contributed by atoms with Crippen LogP contribution >= 0.6 is 0 Å². The zero-order valence-corrected chi connectivity index (χ0v) is 7.46. The molecule has 0 aromatic carbocycles. The van der Waals surface area contributed by atoms with Gasteiger partial charge in [-0.2, -0.15) is 0 Å². The van der Waals surface area contributed by atoms with Crippen LogP contribution in [0, 0.1) is 0 Å². The lowest BCUT2D eigenvalue weighted by molar-refractivity contribution is 0.0374. The van der Waals surface area contributed by atoms with Gasteiger partial charge in [-0.15, -0.1) is 6.58 Å². The highest BCUT2D eigenvalue weighted by Gasteiger charge is 2.33. The van der Waals surface area contributed by atoms with Crippen LogP contribution in [0.15, 0.2) is 12.7 Å². The van der Waals surface area contributed by atoms with E-state index in [1.165, 1.54) is 25.7 Å². The zero-order chi connectivity index (χ0) is 8.39. The molecule has 1 N–H and O–H groups in total. The molecule has 0 aromatic rings. The van der Waals surface area contributed by atoms with Crippen LogP contribution in [0.5, 0.6) is 0 Å². The van der Waals surface area contributed by atoms with Crippen LogP contribution < -0.4 is 5.32 Å². The van der Waals surface area contributed by atoms with Crippen LogP contribution in [0.4, 0.5) is 0 Å². The van der Waals surface area contributed by atoms with Crippen molar-refractivity contribution < 1.29 is 4.74 Å². The van der Waals surface area contributed by atoms with E-state index < -0.39 is 0 Å². The largest absolute Gasteiger partial charge is 0.374 e. The number of ether oxygens (including phenoxy) is 1. The third-order valence-corrected chi connectivity index (χ3v) is 2.88. The van der Waals surface area contributed by atoms with E-state index in [4.69, 9.17) is 4.74 Å². The molecule has 2 heteroatoms. The molecule has 0 saturated carbocycles. The fourth-order valence-electron chi connectivity index (χ4n) is 2.35. The molecular weight excluding hydrogens is 150 g/mol. The summed E-state index contributed by atoms with van der Waals surface area (Å²) in [4.78, 5) is 0. The topological polar surface area (TPSA) is 21.3 Å². The maximum atomic E-state index is 5.65. The second-order valence-corrected chi connectivity index (χ2v) is 3.85. The quantitative estimate of drug-likeness (QED) is 0.643. The molecule has 0 amide bonds. The first kappa shape index (κ1) is 8.27. The van der Waals surface area contributed by atoms with Crippen molar-refractivity contribution in [3.05, 3.63) is 12.7 Å². The maximum Gasteiger partial charge on any atom is 0.0648 e. The number of piperidine rings is 1. The van der Waals surface area contributed by atoms with E-state index in [-0.39, 0.29) is 0 Å². The van der Waals surface area contributed by atoms with Crippen LogP contribution in [-0.4, -0.2) is 24.8 Å². The first-order valence-corrected chi connectivity index (χ1v) is 4.87. The Balaban J connectivity index is 1.81. The summed E-state index contributed by atoms with van der Waals surface area (Å²) < 4.78 is 5.65. The predicted octanol–water partition coefficient (Wildman–Crippen LogP) is 1.47. The molecule has 2 aliphatic rings. The summed E-state index contributed by atoms with van der Waals surface area (Å²) >= 11 is 0. The molecule has 0 radical (unpaired) electrons. The van der Waals surface area contributed by atoms with Crippen molar-refractivity contribution >= 4 is 0 Å². The molecule has 2 fully saturated rings. The molecule has 0 spiro atoms. The van der Waals surface area contributed by atoms with Gasteiger partial charge in [0, 0.05) is 12.1 Å². The third kappa shape index (κ3) is 1.70. The van der Waals surface area contributed by atoms with Gasteiger partial charge in [-0.25, -0.2) is 0 Å². The monoisotopic (exact) mass is 167 g/mol. The minimum absolute atomic E-state index is 0.488. The van der Waals surface area contributed by atoms with Crippen molar-refractivity contribution in [3.63, 3.8) is 0 Å². The van der Waals surface area contributed by atoms with E-state index in [1.807, 2.05) is 6.08 Å². The van der Waals surface area contributed by atoms with E-state index in [0.717, 1.165) is 12.1 Å². The minimum Gasteiger partial charge on any atom is -0.374 e. The summed E-state index contributed by atoms with van der Waals surface area (Å²) in [6.45, 7) is 4.37. The molecule has 68 valence electrons. The van der Waals surface area contributed by atoms with Gasteiger partial charge in [-0.05, 0) is 25.7 Å². The van der Waals surface area contributed by atoms with E-state index in [9.17, 15) is 0 Å². The lowest BCUT2D eigenvalue weighted by Gasteiger charge is -2.28. The molecule has 2 rings (SSSR count). The zero-order valence-electron chi connectivity index (χ0n) is 7.46. The Kier molecular flexibility index (Phi) is 2.47. The van der Waals surface area contributed by atoms with E-state index in [1.54, 1.807) is 0 Å². The van der Waals surface area contributed by atoms with Crippen LogP contribution in [0.1, 0.15) is 25.7 Å². The van der Waals surface area contributed by atoms with Crippen LogP contribution in [0.25, 0.3) is 0 Å². The van der Waals surface area contributed by atoms with Crippen LogP contribution in [0.2, 0.25) is 0 Å². The van der Waals surface area contributed by atoms with E-state index in [2.05, 4.69) is 11.9 Å². The number of nitrogens with one attached hydrogen (secondary N) is 1. The maximum absolute atomic E-state index is 5.65. The molecule has 2 bridgehead atoms. The van der Waals surface area contributed by atoms with Crippen molar-refractivity contribution in [2.75, 3.05) is 6.61 Å². The van der Waals surface area contributed by atoms with Crippen LogP contribution in [0.3, 0.4) is 0 Å². The summed E-state index contributed by atoms with van der Waals surface area (Å²) in [5.74, 6) is 0. The molecule has 12 heavy (non-hydrogen) atoms. The number of rotatable bonds is 3. The Morgan fingerprint density at radius 2 is 2.00 bits per heavy atom. The van der Waals surface area contributed by atoms with Gasteiger partial charge in [0.25, 0.3) is 0 Å². The van der Waals surface area contributed by atoms with Crippen molar-refractivity contribution in [2.45, 2.75) is 43.9 Å². The summed E-state index contributed by atoms with van der Waals surface area (Å²) in [6, 6.07) is 1.47. The van der Waals surface area contributed by atoms with Gasteiger partial charge in [0.2, 0.25) is 0 Å². The predicted molar refractivity (Wildman–Crippen MR) is 49.1 cm³/mol. The normalized spacial score (nSPS) is 39.8. The molecule has 3 atom stereocenters. The van der Waals surface area contributed by atoms with E-state index >= 15 is 0 Å². The smallest absolute Gasteiger partial charge is 0.0648 e. The Labute approximate surface area is 74.0 Å². The molecule has 2 heterocycles. The van der Waals surface area contributed by atoms with Crippen molar-refractivity contribution in [3.8, 4) is 0 Å². The average molecular weight is 167 g/mol. The molecular formula is C10H17NO. The molecule has 2 saturated heterocycles. The summed E-state index contributed by atoms with van der Waals surface area (Å²) in [7, 11) is 0. The highest BCUT2D eigenvalue weighted by atomic mass is 16.5. The Hall–Kier alpha value is -0.340. The van der Waals surface area contributed by atoms with Crippen molar-refractivity contribution in [2.24, 2.45) is 0 Å². The summed E-state index contributed by atoms with van der Waals surface area (Å²) in [5, 5.41) is 3.59. The minimum atomic E-state index is 0.488. The number of fused-ring (bicyclic) bond motifs is 2. The van der Waals surface area contributed by atoms with Crippen molar-refractivity contribution in [1.82, 2.24) is 5.32 Å². The first-order chi connectivity index (χ1) is 5.88. The Bertz CT molecular complexity index is 157. The first-order valence-electron chi connectivity index (χ1n) is 4.87. The SMILES string of the molecule is C=CCO[C@H]1C[C@H]2CC[C@@H](C1)N2. The number of hydrogen-bond acceptors (Lipinski definition) is 2. The molecule has 0 unspecified atom stereocenters. The van der Waals surface area contributed by atoms with Gasteiger partial charge < -0.3 is 10.1 Å². The summed E-state index contributed by atoms with van der Waals surface area (Å²) in [5.41, 5.74) is 0. The molecule has 2 nitrogen and oxygen atoms in total. The third-order valence-electron chi connectivity index (χ3n) is 2.88. The Morgan fingerprint density at radius 1 is 1.33 bits per heavy atom. The fraction of sp³-hybridized carbons (Fsp3) is 0.800. The molecule has 0 aromatic heterocycles. The highest BCUT2D eigenvalue weighted by molar-refractivity contribution is 4.92. The van der Waals surface area contributed by atoms with Gasteiger partial charge in [-0.3, -0.25) is 0 Å². The number of hydrogen-bond donors (Lipinski definition) is 1. The molecule has 0 aliphatic carbocycles. The highest BCUT2D eigenvalue weighted by Crippen LogP contribution is 2.28. The van der Waals surface area contributed by atoms with Gasteiger partial charge in [0.1, 0.15) is 0 Å².